The van der Waals surface area contributed by atoms with Crippen LogP contribution in [0.3, 0.4) is 0 Å². The molecule has 0 aliphatic rings. The van der Waals surface area contributed by atoms with Crippen LogP contribution in [0.4, 0.5) is 0 Å². The number of nitrogens with one attached hydrogen (secondary N) is 3. The number of aliphatic carboxylic acids is 1. The van der Waals surface area contributed by atoms with E-state index >= 15 is 0 Å². The second-order valence-corrected chi connectivity index (χ2v) is 7.10. The third-order valence-corrected chi connectivity index (χ3v) is 4.62. The van der Waals surface area contributed by atoms with Crippen molar-refractivity contribution >= 4 is 23.7 Å². The molecule has 0 aromatic heterocycles. The van der Waals surface area contributed by atoms with Gasteiger partial charge in [0.05, 0.1) is 12.1 Å². The molecule has 3 amide bonds. The summed E-state index contributed by atoms with van der Waals surface area (Å²) < 4.78 is 0. The summed E-state index contributed by atoms with van der Waals surface area (Å²) >= 11 is 0. The first-order valence-corrected chi connectivity index (χ1v) is 9.79. The van der Waals surface area contributed by atoms with Gasteiger partial charge in [-0.15, -0.1) is 0 Å². The zero-order chi connectivity index (χ0) is 22.6. The van der Waals surface area contributed by atoms with Gasteiger partial charge in [-0.05, 0) is 38.6 Å². The number of hydrogen-bond acceptors (Lipinski definition) is 7. The molecule has 9 N–H and O–H groups in total. The average Bonchev–Trinajstić information content (AvgIpc) is 2.67. The normalized spacial score (nSPS) is 16.1. The van der Waals surface area contributed by atoms with E-state index in [-0.39, 0.29) is 12.3 Å². The molecule has 168 valence electrons. The Balaban J connectivity index is 5.21. The van der Waals surface area contributed by atoms with Crippen molar-refractivity contribution in [2.75, 3.05) is 13.1 Å². The molecule has 0 aliphatic carbocycles. The van der Waals surface area contributed by atoms with Crippen LogP contribution in [0.1, 0.15) is 46.5 Å². The first-order chi connectivity index (χ1) is 13.5. The lowest BCUT2D eigenvalue weighted by Crippen LogP contribution is -2.59. The molecule has 0 saturated heterocycles. The van der Waals surface area contributed by atoms with Gasteiger partial charge in [-0.1, -0.05) is 20.3 Å². The third kappa shape index (κ3) is 10.2. The highest BCUT2D eigenvalue weighted by Crippen LogP contribution is 2.08. The Morgan fingerprint density at radius 3 is 2.10 bits per heavy atom. The van der Waals surface area contributed by atoms with Crippen molar-refractivity contribution in [1.29, 1.82) is 0 Å². The van der Waals surface area contributed by atoms with Crippen LogP contribution in [0.2, 0.25) is 0 Å². The van der Waals surface area contributed by atoms with E-state index in [1.54, 1.807) is 0 Å². The number of rotatable bonds is 14. The Labute approximate surface area is 171 Å². The minimum absolute atomic E-state index is 0.0882. The van der Waals surface area contributed by atoms with Gasteiger partial charge in [-0.2, -0.15) is 0 Å². The lowest BCUT2D eigenvalue weighted by molar-refractivity contribution is -0.139. The third-order valence-electron chi connectivity index (χ3n) is 4.62. The Morgan fingerprint density at radius 2 is 1.62 bits per heavy atom. The van der Waals surface area contributed by atoms with Crippen molar-refractivity contribution in [1.82, 2.24) is 16.0 Å². The highest BCUT2D eigenvalue weighted by molar-refractivity contribution is 5.93. The molecule has 0 saturated carbocycles. The quantitative estimate of drug-likeness (QED) is 0.158. The van der Waals surface area contributed by atoms with E-state index in [1.165, 1.54) is 6.92 Å². The predicted molar refractivity (Wildman–Crippen MR) is 107 cm³/mol. The second kappa shape index (κ2) is 13.9. The van der Waals surface area contributed by atoms with Gasteiger partial charge in [0.15, 0.2) is 0 Å². The van der Waals surface area contributed by atoms with Gasteiger partial charge in [0.2, 0.25) is 17.7 Å². The van der Waals surface area contributed by atoms with Crippen molar-refractivity contribution in [3.05, 3.63) is 0 Å². The highest BCUT2D eigenvalue weighted by atomic mass is 16.4. The molecule has 0 radical (unpaired) electrons. The van der Waals surface area contributed by atoms with Gasteiger partial charge in [0, 0.05) is 0 Å². The van der Waals surface area contributed by atoms with Crippen molar-refractivity contribution in [3.63, 3.8) is 0 Å². The Kier molecular flexibility index (Phi) is 12.8. The molecule has 0 aromatic carbocycles. The largest absolute Gasteiger partial charge is 0.480 e. The number of carboxylic acid groups (broad SMARTS) is 1. The summed E-state index contributed by atoms with van der Waals surface area (Å²) in [5.41, 5.74) is 11.4. The first-order valence-electron chi connectivity index (χ1n) is 9.79. The fourth-order valence-corrected chi connectivity index (χ4v) is 2.47. The van der Waals surface area contributed by atoms with Crippen LogP contribution >= 0.6 is 0 Å². The Morgan fingerprint density at radius 1 is 1.00 bits per heavy atom. The monoisotopic (exact) mass is 417 g/mol. The molecule has 0 aromatic rings. The highest BCUT2D eigenvalue weighted by Gasteiger charge is 2.31. The predicted octanol–water partition coefficient (Wildman–Crippen LogP) is -1.96. The van der Waals surface area contributed by atoms with Crippen LogP contribution in [0.5, 0.6) is 0 Å². The molecular formula is C18H35N5O6. The van der Waals surface area contributed by atoms with Gasteiger partial charge in [0.25, 0.3) is 0 Å². The van der Waals surface area contributed by atoms with Crippen molar-refractivity contribution in [2.24, 2.45) is 17.4 Å². The summed E-state index contributed by atoms with van der Waals surface area (Å²) in [6.07, 6.45) is 0.863. The number of nitrogens with two attached hydrogens (primary N) is 2. The minimum Gasteiger partial charge on any atom is -0.480 e. The molecule has 0 bridgehead atoms. The molecule has 0 spiro atoms. The van der Waals surface area contributed by atoms with E-state index in [2.05, 4.69) is 16.0 Å². The molecule has 0 rings (SSSR count). The zero-order valence-electron chi connectivity index (χ0n) is 17.3. The molecule has 0 aliphatic heterocycles. The Hall–Kier alpha value is -2.24. The molecule has 0 heterocycles. The number of carbonyl (C=O) groups is 4. The van der Waals surface area contributed by atoms with E-state index in [0.29, 0.717) is 25.8 Å². The van der Waals surface area contributed by atoms with Gasteiger partial charge in [0.1, 0.15) is 18.6 Å². The number of unbranched alkanes of at least 4 members (excludes halogenated alkanes) is 1. The molecule has 29 heavy (non-hydrogen) atoms. The summed E-state index contributed by atoms with van der Waals surface area (Å²) in [5, 5.41) is 25.6. The number of carbonyl (C=O) groups excluding carboxylic acids is 3. The van der Waals surface area contributed by atoms with Crippen LogP contribution in [0.25, 0.3) is 0 Å². The van der Waals surface area contributed by atoms with Crippen molar-refractivity contribution in [3.8, 4) is 0 Å². The fourth-order valence-electron chi connectivity index (χ4n) is 2.47. The van der Waals surface area contributed by atoms with Gasteiger partial charge in [-0.25, -0.2) is 0 Å². The zero-order valence-corrected chi connectivity index (χ0v) is 17.3. The van der Waals surface area contributed by atoms with Crippen LogP contribution in [-0.2, 0) is 19.2 Å². The van der Waals surface area contributed by atoms with Crippen LogP contribution in [0.15, 0.2) is 0 Å². The lowest BCUT2D eigenvalue weighted by Gasteiger charge is -2.26. The van der Waals surface area contributed by atoms with E-state index in [0.717, 1.165) is 0 Å². The maximum atomic E-state index is 12.7. The number of hydrogen-bond donors (Lipinski definition) is 7. The standard InChI is InChI=1S/C18H35N5O6/c1-4-10(2)14(20)17(28)22-12(7-5-6-8-19)16(27)23-15(11(3)24)18(29)21-9-13(25)26/h10-12,14-15,24H,4-9,19-20H2,1-3H3,(H,21,29)(H,22,28)(H,23,27)(H,25,26). The molecule has 0 fully saturated rings. The van der Waals surface area contributed by atoms with E-state index in [9.17, 15) is 24.3 Å². The van der Waals surface area contributed by atoms with E-state index < -0.39 is 54.5 Å². The summed E-state index contributed by atoms with van der Waals surface area (Å²) in [5.74, 6) is -3.37. The summed E-state index contributed by atoms with van der Waals surface area (Å²) in [7, 11) is 0. The maximum absolute atomic E-state index is 12.7. The number of carboxylic acids is 1. The van der Waals surface area contributed by atoms with Gasteiger partial charge >= 0.3 is 5.97 Å². The van der Waals surface area contributed by atoms with Crippen LogP contribution < -0.4 is 27.4 Å². The number of aliphatic hydroxyl groups is 1. The van der Waals surface area contributed by atoms with Gasteiger partial charge < -0.3 is 37.6 Å². The van der Waals surface area contributed by atoms with Crippen molar-refractivity contribution < 1.29 is 29.4 Å². The average molecular weight is 418 g/mol. The lowest BCUT2D eigenvalue weighted by atomic mass is 9.98. The summed E-state index contributed by atoms with van der Waals surface area (Å²) in [6, 6.07) is -3.15. The van der Waals surface area contributed by atoms with Gasteiger partial charge in [-0.3, -0.25) is 19.2 Å². The van der Waals surface area contributed by atoms with E-state index in [4.69, 9.17) is 16.6 Å². The molecule has 11 heteroatoms. The summed E-state index contributed by atoms with van der Waals surface area (Å²) in [6.45, 7) is 4.77. The fraction of sp³-hybridized carbons (Fsp3) is 0.778. The SMILES string of the molecule is CCC(C)C(N)C(=O)NC(CCCCN)C(=O)NC(C(=O)NCC(=O)O)C(C)O. The molecule has 11 nitrogen and oxygen atoms in total. The van der Waals surface area contributed by atoms with Crippen molar-refractivity contribution in [2.45, 2.75) is 70.7 Å². The van der Waals surface area contributed by atoms with Crippen LogP contribution in [-0.4, -0.2) is 71.2 Å². The minimum atomic E-state index is -1.38. The van der Waals surface area contributed by atoms with E-state index in [1.807, 2.05) is 13.8 Å². The second-order valence-electron chi connectivity index (χ2n) is 7.10. The molecular weight excluding hydrogens is 382 g/mol. The van der Waals surface area contributed by atoms with Crippen LogP contribution in [0, 0.1) is 5.92 Å². The number of amides is 3. The Bertz CT molecular complexity index is 557. The maximum Gasteiger partial charge on any atom is 0.322 e. The topological polar surface area (TPSA) is 197 Å². The smallest absolute Gasteiger partial charge is 0.322 e. The first kappa shape index (κ1) is 26.8. The molecule has 5 atom stereocenters. The molecule has 5 unspecified atom stereocenters. The summed E-state index contributed by atoms with van der Waals surface area (Å²) in [4.78, 5) is 47.8. The number of aliphatic hydroxyl groups excluding tert-OH is 1.